The molecule has 9 nitrogen and oxygen atoms in total. The fourth-order valence-electron chi connectivity index (χ4n) is 4.87. The zero-order valence-corrected chi connectivity index (χ0v) is 20.2. The molecule has 4 heterocycles. The van der Waals surface area contributed by atoms with Crippen molar-refractivity contribution in [3.63, 3.8) is 0 Å². The summed E-state index contributed by atoms with van der Waals surface area (Å²) in [4.78, 5) is 3.96. The van der Waals surface area contributed by atoms with Gasteiger partial charge in [0.2, 0.25) is 0 Å². The lowest BCUT2D eigenvalue weighted by Crippen LogP contribution is -2.16. The van der Waals surface area contributed by atoms with Gasteiger partial charge in [-0.2, -0.15) is 0 Å². The van der Waals surface area contributed by atoms with Crippen LogP contribution in [0.15, 0.2) is 119 Å². The lowest BCUT2D eigenvalue weighted by molar-refractivity contribution is 0.420. The van der Waals surface area contributed by atoms with Gasteiger partial charge in [0.25, 0.3) is 0 Å². The molecule has 0 aliphatic carbocycles. The second-order valence-electron chi connectivity index (χ2n) is 8.89. The van der Waals surface area contributed by atoms with Crippen molar-refractivity contribution in [2.45, 2.75) is 0 Å². The normalized spacial score (nSPS) is 12.9. The molecule has 4 aromatic carbocycles. The van der Waals surface area contributed by atoms with E-state index < -0.39 is 0 Å². The molecule has 0 bridgehead atoms. The van der Waals surface area contributed by atoms with Crippen LogP contribution in [0.1, 0.15) is 0 Å². The molecule has 8 rings (SSSR count). The standard InChI is InChI=1S/C30H18N4O5/c1-3-7-25-21(5-1)33(29-13-15-35-31-29)23-17-19(9-11-27(23)38-25)37-20-10-12-28-24(18-20)34(30-14-16-36-32-30)22-6-2-4-8-26(22)39-28/h1-18H. The van der Waals surface area contributed by atoms with Crippen LogP contribution in [0, 0.1) is 0 Å². The van der Waals surface area contributed by atoms with Gasteiger partial charge in [-0.3, -0.25) is 9.80 Å². The maximum atomic E-state index is 6.37. The lowest BCUT2D eigenvalue weighted by Gasteiger charge is -2.31. The Morgan fingerprint density at radius 1 is 0.487 bits per heavy atom. The Hall–Kier alpha value is -5.70. The quantitative estimate of drug-likeness (QED) is 0.229. The van der Waals surface area contributed by atoms with Crippen molar-refractivity contribution in [2.24, 2.45) is 0 Å². The van der Waals surface area contributed by atoms with Crippen LogP contribution in [-0.4, -0.2) is 10.3 Å². The third-order valence-electron chi connectivity index (χ3n) is 6.54. The number of hydrogen-bond donors (Lipinski definition) is 0. The van der Waals surface area contributed by atoms with Crippen molar-refractivity contribution in [2.75, 3.05) is 9.80 Å². The fraction of sp³-hybridized carbons (Fsp3) is 0. The second kappa shape index (κ2) is 8.42. The molecule has 0 atom stereocenters. The van der Waals surface area contributed by atoms with Crippen LogP contribution >= 0.6 is 0 Å². The third kappa shape index (κ3) is 3.48. The van der Waals surface area contributed by atoms with Gasteiger partial charge in [-0.1, -0.05) is 34.6 Å². The first-order valence-electron chi connectivity index (χ1n) is 12.2. The molecule has 39 heavy (non-hydrogen) atoms. The molecule has 0 saturated heterocycles. The highest BCUT2D eigenvalue weighted by Crippen LogP contribution is 2.53. The number of aromatic nitrogens is 2. The molecule has 2 aliphatic heterocycles. The molecular formula is C30H18N4O5. The molecule has 0 radical (unpaired) electrons. The zero-order valence-electron chi connectivity index (χ0n) is 20.2. The summed E-state index contributed by atoms with van der Waals surface area (Å²) in [7, 11) is 0. The average Bonchev–Trinajstić information content (AvgIpc) is 3.70. The molecule has 0 fully saturated rings. The van der Waals surface area contributed by atoms with Gasteiger partial charge in [0.05, 0.1) is 22.7 Å². The number of ether oxygens (including phenoxy) is 3. The molecule has 0 unspecified atom stereocenters. The topological polar surface area (TPSA) is 86.2 Å². The van der Waals surface area contributed by atoms with Crippen molar-refractivity contribution < 1.29 is 23.3 Å². The van der Waals surface area contributed by atoms with Crippen molar-refractivity contribution in [3.8, 4) is 34.5 Å². The number of nitrogens with zero attached hydrogens (tertiary/aromatic N) is 4. The van der Waals surface area contributed by atoms with Crippen molar-refractivity contribution in [3.05, 3.63) is 110 Å². The van der Waals surface area contributed by atoms with Gasteiger partial charge >= 0.3 is 0 Å². The van der Waals surface area contributed by atoms with Gasteiger partial charge in [-0.05, 0) is 48.5 Å². The molecule has 0 N–H and O–H groups in total. The zero-order chi connectivity index (χ0) is 25.8. The predicted molar refractivity (Wildman–Crippen MR) is 143 cm³/mol. The van der Waals surface area contributed by atoms with Crippen LogP contribution in [0.25, 0.3) is 0 Å². The average molecular weight is 514 g/mol. The van der Waals surface area contributed by atoms with E-state index in [1.165, 1.54) is 0 Å². The number of para-hydroxylation sites is 4. The summed E-state index contributed by atoms with van der Waals surface area (Å²) in [6.07, 6.45) is 3.09. The maximum absolute atomic E-state index is 6.37. The largest absolute Gasteiger partial charge is 0.457 e. The van der Waals surface area contributed by atoms with Gasteiger partial charge in [0.1, 0.15) is 24.0 Å². The SMILES string of the molecule is c1ccc2c(c1)Oc1ccc(Oc3ccc4c(c3)N(c3ccon3)c3ccccc3O4)cc1N2c1ccon1. The highest BCUT2D eigenvalue weighted by molar-refractivity contribution is 5.86. The van der Waals surface area contributed by atoms with E-state index in [0.29, 0.717) is 34.6 Å². The van der Waals surface area contributed by atoms with E-state index >= 15 is 0 Å². The van der Waals surface area contributed by atoms with Gasteiger partial charge in [0.15, 0.2) is 34.6 Å². The number of benzene rings is 4. The van der Waals surface area contributed by atoms with Gasteiger partial charge in [-0.15, -0.1) is 0 Å². The Kier molecular flexibility index (Phi) is 4.62. The predicted octanol–water partition coefficient (Wildman–Crippen LogP) is 8.61. The summed E-state index contributed by atoms with van der Waals surface area (Å²) < 4.78 is 29.0. The van der Waals surface area contributed by atoms with Gasteiger partial charge < -0.3 is 23.3 Å². The molecule has 2 aliphatic rings. The Morgan fingerprint density at radius 3 is 1.41 bits per heavy atom. The number of anilines is 6. The van der Waals surface area contributed by atoms with E-state index in [1.54, 1.807) is 24.7 Å². The van der Waals surface area contributed by atoms with E-state index in [0.717, 1.165) is 34.2 Å². The van der Waals surface area contributed by atoms with E-state index in [1.807, 2.05) is 94.7 Å². The summed E-state index contributed by atoms with van der Waals surface area (Å²) >= 11 is 0. The van der Waals surface area contributed by atoms with Crippen molar-refractivity contribution >= 4 is 34.4 Å². The smallest absolute Gasteiger partial charge is 0.181 e. The van der Waals surface area contributed by atoms with Crippen LogP contribution in [0.5, 0.6) is 34.5 Å². The highest BCUT2D eigenvalue weighted by Gasteiger charge is 2.29. The van der Waals surface area contributed by atoms with Crippen LogP contribution in [-0.2, 0) is 0 Å². The summed E-state index contributed by atoms with van der Waals surface area (Å²) in [5, 5.41) is 8.34. The Labute approximate surface area is 221 Å². The molecule has 0 amide bonds. The first-order chi connectivity index (χ1) is 19.3. The number of fused-ring (bicyclic) bond motifs is 4. The van der Waals surface area contributed by atoms with Gasteiger partial charge in [-0.25, -0.2) is 0 Å². The minimum atomic E-state index is 0.621. The van der Waals surface area contributed by atoms with E-state index in [4.69, 9.17) is 23.3 Å². The van der Waals surface area contributed by atoms with E-state index in [9.17, 15) is 0 Å². The Morgan fingerprint density at radius 2 is 0.949 bits per heavy atom. The number of rotatable bonds is 4. The van der Waals surface area contributed by atoms with Crippen LogP contribution in [0.4, 0.5) is 34.4 Å². The highest BCUT2D eigenvalue weighted by atomic mass is 16.5. The Bertz CT molecular complexity index is 1680. The van der Waals surface area contributed by atoms with E-state index in [-0.39, 0.29) is 0 Å². The molecular weight excluding hydrogens is 496 g/mol. The lowest BCUT2D eigenvalue weighted by atomic mass is 10.1. The number of hydrogen-bond acceptors (Lipinski definition) is 9. The minimum absolute atomic E-state index is 0.621. The van der Waals surface area contributed by atoms with E-state index in [2.05, 4.69) is 10.3 Å². The summed E-state index contributed by atoms with van der Waals surface area (Å²) in [5.74, 6) is 5.32. The van der Waals surface area contributed by atoms with Crippen LogP contribution in [0.3, 0.4) is 0 Å². The third-order valence-corrected chi connectivity index (χ3v) is 6.54. The summed E-state index contributed by atoms with van der Waals surface area (Å²) in [6.45, 7) is 0. The Balaban J connectivity index is 1.18. The molecule has 2 aromatic heterocycles. The summed E-state index contributed by atoms with van der Waals surface area (Å²) in [5.41, 5.74) is 3.26. The minimum Gasteiger partial charge on any atom is -0.457 e. The molecule has 0 spiro atoms. The second-order valence-corrected chi connectivity index (χ2v) is 8.89. The monoisotopic (exact) mass is 514 g/mol. The maximum Gasteiger partial charge on any atom is 0.181 e. The van der Waals surface area contributed by atoms with Crippen molar-refractivity contribution in [1.29, 1.82) is 0 Å². The van der Waals surface area contributed by atoms with Crippen molar-refractivity contribution in [1.82, 2.24) is 10.3 Å². The molecule has 9 heteroatoms. The first kappa shape index (κ1) is 21.4. The first-order valence-corrected chi connectivity index (χ1v) is 12.2. The summed E-state index contributed by atoms with van der Waals surface area (Å²) in [6, 6.07) is 30.5. The van der Waals surface area contributed by atoms with Crippen LogP contribution in [0.2, 0.25) is 0 Å². The van der Waals surface area contributed by atoms with Crippen LogP contribution < -0.4 is 24.0 Å². The molecule has 0 saturated carbocycles. The van der Waals surface area contributed by atoms with Gasteiger partial charge in [0, 0.05) is 24.3 Å². The fourth-order valence-corrected chi connectivity index (χ4v) is 4.87. The molecule has 188 valence electrons. The molecule has 6 aromatic rings.